The summed E-state index contributed by atoms with van der Waals surface area (Å²) in [4.78, 5) is 27.2. The SMILES string of the molecule is CCCN(CCBr)C(=O)c1ccc(=O)[nH]c1. The molecule has 0 aliphatic rings. The minimum atomic E-state index is -0.195. The Balaban J connectivity index is 2.81. The third-order valence-corrected chi connectivity index (χ3v) is 2.52. The topological polar surface area (TPSA) is 53.2 Å². The highest BCUT2D eigenvalue weighted by molar-refractivity contribution is 9.09. The Morgan fingerprint density at radius 2 is 2.19 bits per heavy atom. The fourth-order valence-corrected chi connectivity index (χ4v) is 1.84. The van der Waals surface area contributed by atoms with Gasteiger partial charge >= 0.3 is 0 Å². The molecule has 0 saturated heterocycles. The number of pyridine rings is 1. The monoisotopic (exact) mass is 286 g/mol. The molecule has 0 unspecified atom stereocenters. The lowest BCUT2D eigenvalue weighted by atomic mass is 10.2. The molecule has 0 aliphatic carbocycles. The molecule has 0 bridgehead atoms. The molecule has 0 atom stereocenters. The molecule has 1 aromatic heterocycles. The fourth-order valence-electron chi connectivity index (χ4n) is 1.41. The summed E-state index contributed by atoms with van der Waals surface area (Å²) in [6, 6.07) is 2.92. The minimum Gasteiger partial charge on any atom is -0.338 e. The zero-order chi connectivity index (χ0) is 12.0. The quantitative estimate of drug-likeness (QED) is 0.837. The predicted octanol–water partition coefficient (Wildman–Crippen LogP) is 1.62. The van der Waals surface area contributed by atoms with Crippen LogP contribution in [0.3, 0.4) is 0 Å². The van der Waals surface area contributed by atoms with E-state index in [1.165, 1.54) is 12.3 Å². The van der Waals surface area contributed by atoms with Crippen LogP contribution in [0.2, 0.25) is 0 Å². The molecule has 0 aromatic carbocycles. The fraction of sp³-hybridized carbons (Fsp3) is 0.455. The zero-order valence-corrected chi connectivity index (χ0v) is 10.8. The lowest BCUT2D eigenvalue weighted by molar-refractivity contribution is 0.0766. The molecule has 16 heavy (non-hydrogen) atoms. The molecule has 1 N–H and O–H groups in total. The summed E-state index contributed by atoms with van der Waals surface area (Å²) in [5.74, 6) is -0.0439. The number of halogens is 1. The van der Waals surface area contributed by atoms with E-state index in [4.69, 9.17) is 0 Å². The van der Waals surface area contributed by atoms with E-state index in [1.54, 1.807) is 11.0 Å². The molecule has 0 fully saturated rings. The number of carbonyl (C=O) groups is 1. The molecular weight excluding hydrogens is 272 g/mol. The van der Waals surface area contributed by atoms with Gasteiger partial charge in [0, 0.05) is 30.7 Å². The predicted molar refractivity (Wildman–Crippen MR) is 67.1 cm³/mol. The van der Waals surface area contributed by atoms with Crippen LogP contribution < -0.4 is 5.56 Å². The summed E-state index contributed by atoms with van der Waals surface area (Å²) in [6.45, 7) is 3.43. The van der Waals surface area contributed by atoms with Crippen LogP contribution in [0, 0.1) is 0 Å². The number of aromatic nitrogens is 1. The van der Waals surface area contributed by atoms with E-state index < -0.39 is 0 Å². The number of H-pyrrole nitrogens is 1. The number of hydrogen-bond donors (Lipinski definition) is 1. The largest absolute Gasteiger partial charge is 0.338 e. The molecule has 1 amide bonds. The van der Waals surface area contributed by atoms with Crippen LogP contribution in [0.25, 0.3) is 0 Å². The summed E-state index contributed by atoms with van der Waals surface area (Å²) in [6.07, 6.45) is 2.38. The van der Waals surface area contributed by atoms with Gasteiger partial charge in [0.1, 0.15) is 0 Å². The highest BCUT2D eigenvalue weighted by atomic mass is 79.9. The highest BCUT2D eigenvalue weighted by Crippen LogP contribution is 2.03. The molecule has 4 nitrogen and oxygen atoms in total. The number of aromatic amines is 1. The number of carbonyl (C=O) groups excluding carboxylic acids is 1. The molecule has 1 aromatic rings. The third kappa shape index (κ3) is 3.48. The smallest absolute Gasteiger partial charge is 0.255 e. The van der Waals surface area contributed by atoms with Crippen LogP contribution in [0.15, 0.2) is 23.1 Å². The second-order valence-corrected chi connectivity index (χ2v) is 4.22. The van der Waals surface area contributed by atoms with Crippen LogP contribution in [0.1, 0.15) is 23.7 Å². The van der Waals surface area contributed by atoms with E-state index in [1.807, 2.05) is 6.92 Å². The number of rotatable bonds is 5. The number of hydrogen-bond acceptors (Lipinski definition) is 2. The number of alkyl halides is 1. The lowest BCUT2D eigenvalue weighted by Gasteiger charge is -2.20. The maximum Gasteiger partial charge on any atom is 0.255 e. The van der Waals surface area contributed by atoms with Crippen molar-refractivity contribution in [2.24, 2.45) is 0 Å². The van der Waals surface area contributed by atoms with E-state index in [9.17, 15) is 9.59 Å². The van der Waals surface area contributed by atoms with Gasteiger partial charge in [0.15, 0.2) is 0 Å². The Labute approximate surface area is 103 Å². The molecule has 0 saturated carbocycles. The first-order valence-electron chi connectivity index (χ1n) is 5.23. The van der Waals surface area contributed by atoms with Gasteiger partial charge in [0.2, 0.25) is 5.56 Å². The summed E-state index contributed by atoms with van der Waals surface area (Å²) >= 11 is 3.32. The molecule has 0 aliphatic heterocycles. The lowest BCUT2D eigenvalue weighted by Crippen LogP contribution is -2.33. The molecule has 1 heterocycles. The summed E-state index contributed by atoms with van der Waals surface area (Å²) < 4.78 is 0. The van der Waals surface area contributed by atoms with Crippen LogP contribution in [-0.2, 0) is 0 Å². The zero-order valence-electron chi connectivity index (χ0n) is 9.20. The van der Waals surface area contributed by atoms with Crippen molar-refractivity contribution in [1.29, 1.82) is 0 Å². The van der Waals surface area contributed by atoms with Crippen molar-refractivity contribution in [1.82, 2.24) is 9.88 Å². The molecule has 1 rings (SSSR count). The molecular formula is C11H15BrN2O2. The number of amides is 1. The Hall–Kier alpha value is -1.10. The first-order valence-corrected chi connectivity index (χ1v) is 6.35. The van der Waals surface area contributed by atoms with Gasteiger partial charge in [0.25, 0.3) is 5.91 Å². The summed E-state index contributed by atoms with van der Waals surface area (Å²) in [5.41, 5.74) is 0.327. The number of nitrogens with one attached hydrogen (secondary N) is 1. The van der Waals surface area contributed by atoms with E-state index in [0.29, 0.717) is 12.1 Å². The van der Waals surface area contributed by atoms with Gasteiger partial charge in [-0.25, -0.2) is 0 Å². The molecule has 0 radical (unpaired) electrons. The van der Waals surface area contributed by atoms with Crippen molar-refractivity contribution in [2.75, 3.05) is 18.4 Å². The van der Waals surface area contributed by atoms with E-state index in [-0.39, 0.29) is 11.5 Å². The maximum atomic E-state index is 12.0. The second kappa shape index (κ2) is 6.48. The van der Waals surface area contributed by atoms with E-state index in [0.717, 1.165) is 18.3 Å². The molecule has 88 valence electrons. The van der Waals surface area contributed by atoms with E-state index in [2.05, 4.69) is 20.9 Å². The van der Waals surface area contributed by atoms with Crippen LogP contribution >= 0.6 is 15.9 Å². The van der Waals surface area contributed by atoms with E-state index >= 15 is 0 Å². The first kappa shape index (κ1) is 13.0. The van der Waals surface area contributed by atoms with Gasteiger partial charge in [-0.2, -0.15) is 0 Å². The van der Waals surface area contributed by atoms with Gasteiger partial charge in [-0.1, -0.05) is 22.9 Å². The average Bonchev–Trinajstić information content (AvgIpc) is 2.29. The van der Waals surface area contributed by atoms with Crippen molar-refractivity contribution in [3.63, 3.8) is 0 Å². The number of nitrogens with zero attached hydrogens (tertiary/aromatic N) is 1. The Kier molecular flexibility index (Phi) is 5.25. The highest BCUT2D eigenvalue weighted by Gasteiger charge is 2.13. The standard InChI is InChI=1S/C11H15BrN2O2/c1-2-6-14(7-5-12)11(16)9-3-4-10(15)13-8-9/h3-4,8H,2,5-7H2,1H3,(H,13,15). The summed E-state index contributed by atoms with van der Waals surface area (Å²) in [5, 5.41) is 0.752. The average molecular weight is 287 g/mol. The molecule has 5 heteroatoms. The van der Waals surface area contributed by atoms with Crippen LogP contribution in [-0.4, -0.2) is 34.2 Å². The molecule has 0 spiro atoms. The van der Waals surface area contributed by atoms with Gasteiger partial charge in [-0.15, -0.1) is 0 Å². The van der Waals surface area contributed by atoms with Gasteiger partial charge in [0.05, 0.1) is 5.56 Å². The maximum absolute atomic E-state index is 12.0. The third-order valence-electron chi connectivity index (χ3n) is 2.17. The van der Waals surface area contributed by atoms with Crippen molar-refractivity contribution in [3.05, 3.63) is 34.2 Å². The van der Waals surface area contributed by atoms with Crippen LogP contribution in [0.5, 0.6) is 0 Å². The van der Waals surface area contributed by atoms with Crippen LogP contribution in [0.4, 0.5) is 0 Å². The van der Waals surface area contributed by atoms with Gasteiger partial charge in [-0.05, 0) is 12.5 Å². The van der Waals surface area contributed by atoms with Crippen molar-refractivity contribution >= 4 is 21.8 Å². The Morgan fingerprint density at radius 1 is 1.44 bits per heavy atom. The van der Waals surface area contributed by atoms with Crippen molar-refractivity contribution in [2.45, 2.75) is 13.3 Å². The minimum absolute atomic E-state index is 0.0439. The van der Waals surface area contributed by atoms with Crippen molar-refractivity contribution < 1.29 is 4.79 Å². The summed E-state index contributed by atoms with van der Waals surface area (Å²) in [7, 11) is 0. The Bertz CT molecular complexity index is 377. The van der Waals surface area contributed by atoms with Gasteiger partial charge in [-0.3, -0.25) is 9.59 Å². The van der Waals surface area contributed by atoms with Crippen molar-refractivity contribution in [3.8, 4) is 0 Å². The Morgan fingerprint density at radius 3 is 2.69 bits per heavy atom. The van der Waals surface area contributed by atoms with Gasteiger partial charge < -0.3 is 9.88 Å². The normalized spacial score (nSPS) is 10.1. The second-order valence-electron chi connectivity index (χ2n) is 3.42. The first-order chi connectivity index (χ1) is 7.69.